The first kappa shape index (κ1) is 16.9. The van der Waals surface area contributed by atoms with E-state index in [-0.39, 0.29) is 28.2 Å². The van der Waals surface area contributed by atoms with Gasteiger partial charge >= 0.3 is 12.0 Å². The van der Waals surface area contributed by atoms with Crippen molar-refractivity contribution < 1.29 is 19.5 Å². The molecule has 1 heterocycles. The van der Waals surface area contributed by atoms with Gasteiger partial charge in [-0.25, -0.2) is 14.6 Å². The number of urea groups is 1. The van der Waals surface area contributed by atoms with E-state index < -0.39 is 17.8 Å². The van der Waals surface area contributed by atoms with Gasteiger partial charge in [0.2, 0.25) is 0 Å². The fourth-order valence-electron chi connectivity index (χ4n) is 2.10. The first-order valence-electron chi connectivity index (χ1n) is 7.12. The zero-order chi connectivity index (χ0) is 17.7. The Morgan fingerprint density at radius 1 is 1.12 bits per heavy atom. The number of nitrogens with one attached hydrogen (secondary N) is 2. The van der Waals surface area contributed by atoms with Crippen molar-refractivity contribution in [3.63, 3.8) is 0 Å². The van der Waals surface area contributed by atoms with Crippen molar-refractivity contribution in [2.45, 2.75) is 6.92 Å². The van der Waals surface area contributed by atoms with Gasteiger partial charge in [0.1, 0.15) is 5.82 Å². The molecule has 124 valence electrons. The van der Waals surface area contributed by atoms with E-state index in [1.54, 1.807) is 6.92 Å². The Hall–Kier alpha value is -3.42. The number of rotatable bonds is 5. The van der Waals surface area contributed by atoms with Crippen LogP contribution in [0.15, 0.2) is 36.5 Å². The summed E-state index contributed by atoms with van der Waals surface area (Å²) in [4.78, 5) is 39.5. The van der Waals surface area contributed by atoms with Crippen LogP contribution in [0.1, 0.15) is 33.2 Å². The minimum atomic E-state index is -1.23. The smallest absolute Gasteiger partial charge is 0.337 e. The third-order valence-corrected chi connectivity index (χ3v) is 3.20. The highest BCUT2D eigenvalue weighted by molar-refractivity contribution is 6.17. The summed E-state index contributed by atoms with van der Waals surface area (Å²) in [7, 11) is 0. The molecule has 0 fully saturated rings. The number of hydrogen-bond acceptors (Lipinski definition) is 5. The van der Waals surface area contributed by atoms with Crippen LogP contribution in [-0.4, -0.2) is 34.4 Å². The number of nitrogen functional groups attached to an aromatic ring is 1. The standard InChI is InChI=1S/C16H16N4O4/c1-2-18-16(24)20-14-11(7-4-8-19-14)13(21)9-5-3-6-10(12(9)17)15(22)23/h3-8H,2,17H2,1H3,(H,22,23)(H2,18,19,20,24). The molecule has 2 amide bonds. The molecule has 1 aromatic carbocycles. The average Bonchev–Trinajstić information content (AvgIpc) is 2.55. The minimum absolute atomic E-state index is 0.0295. The fraction of sp³-hybridized carbons (Fsp3) is 0.125. The lowest BCUT2D eigenvalue weighted by Gasteiger charge is -2.11. The van der Waals surface area contributed by atoms with E-state index in [4.69, 9.17) is 10.8 Å². The van der Waals surface area contributed by atoms with Gasteiger partial charge in [-0.15, -0.1) is 0 Å². The van der Waals surface area contributed by atoms with Gasteiger partial charge < -0.3 is 16.2 Å². The topological polar surface area (TPSA) is 134 Å². The van der Waals surface area contributed by atoms with Crippen molar-refractivity contribution in [2.75, 3.05) is 17.6 Å². The second-order valence-corrected chi connectivity index (χ2v) is 4.79. The van der Waals surface area contributed by atoms with Crippen molar-refractivity contribution in [1.82, 2.24) is 10.3 Å². The third-order valence-electron chi connectivity index (χ3n) is 3.20. The quantitative estimate of drug-likeness (QED) is 0.488. The molecule has 2 rings (SSSR count). The zero-order valence-electron chi connectivity index (χ0n) is 12.9. The van der Waals surface area contributed by atoms with E-state index in [0.29, 0.717) is 6.54 Å². The van der Waals surface area contributed by atoms with E-state index in [9.17, 15) is 14.4 Å². The molecule has 0 bridgehead atoms. The van der Waals surface area contributed by atoms with Crippen LogP contribution < -0.4 is 16.4 Å². The van der Waals surface area contributed by atoms with E-state index in [1.807, 2.05) is 0 Å². The molecule has 0 atom stereocenters. The van der Waals surface area contributed by atoms with Gasteiger partial charge in [-0.1, -0.05) is 6.07 Å². The number of para-hydroxylation sites is 1. The maximum atomic E-state index is 12.7. The second kappa shape index (κ2) is 7.23. The highest BCUT2D eigenvalue weighted by Gasteiger charge is 2.21. The first-order valence-corrected chi connectivity index (χ1v) is 7.12. The van der Waals surface area contributed by atoms with Crippen LogP contribution >= 0.6 is 0 Å². The number of hydrogen-bond donors (Lipinski definition) is 4. The Bertz CT molecular complexity index is 804. The number of amides is 2. The number of carbonyl (C=O) groups excluding carboxylic acids is 2. The molecule has 0 aliphatic rings. The molecule has 5 N–H and O–H groups in total. The Kier molecular flexibility index (Phi) is 5.10. The number of benzene rings is 1. The van der Waals surface area contributed by atoms with E-state index in [2.05, 4.69) is 15.6 Å². The van der Waals surface area contributed by atoms with Crippen LogP contribution in [0.2, 0.25) is 0 Å². The SMILES string of the molecule is CCNC(=O)Nc1ncccc1C(=O)c1cccc(C(=O)O)c1N. The summed E-state index contributed by atoms with van der Waals surface area (Å²) in [5.41, 5.74) is 5.64. The van der Waals surface area contributed by atoms with Crippen molar-refractivity contribution in [2.24, 2.45) is 0 Å². The maximum Gasteiger partial charge on any atom is 0.337 e. The first-order chi connectivity index (χ1) is 11.5. The molecule has 2 aromatic rings. The van der Waals surface area contributed by atoms with Gasteiger partial charge in [-0.2, -0.15) is 0 Å². The average molecular weight is 328 g/mol. The van der Waals surface area contributed by atoms with Crippen LogP contribution in [0.5, 0.6) is 0 Å². The molecule has 8 heteroatoms. The highest BCUT2D eigenvalue weighted by atomic mass is 16.4. The van der Waals surface area contributed by atoms with E-state index in [0.717, 1.165) is 0 Å². The summed E-state index contributed by atoms with van der Waals surface area (Å²) in [6.07, 6.45) is 1.43. The maximum absolute atomic E-state index is 12.7. The van der Waals surface area contributed by atoms with Crippen molar-refractivity contribution in [1.29, 1.82) is 0 Å². The van der Waals surface area contributed by atoms with Crippen LogP contribution in [0, 0.1) is 0 Å². The number of pyridine rings is 1. The largest absolute Gasteiger partial charge is 0.478 e. The van der Waals surface area contributed by atoms with E-state index >= 15 is 0 Å². The summed E-state index contributed by atoms with van der Waals surface area (Å²) in [5.74, 6) is -1.70. The van der Waals surface area contributed by atoms with E-state index in [1.165, 1.54) is 36.5 Å². The molecule has 0 aliphatic carbocycles. The number of carboxylic acid groups (broad SMARTS) is 1. The third kappa shape index (κ3) is 3.49. The van der Waals surface area contributed by atoms with Gasteiger partial charge in [0.15, 0.2) is 5.78 Å². The Balaban J connectivity index is 2.43. The summed E-state index contributed by atoms with van der Waals surface area (Å²) in [6.45, 7) is 2.16. The summed E-state index contributed by atoms with van der Waals surface area (Å²) < 4.78 is 0. The number of nitrogens with two attached hydrogens (primary N) is 1. The Labute approximate surface area is 137 Å². The molecule has 8 nitrogen and oxygen atoms in total. The molecule has 1 aromatic heterocycles. The van der Waals surface area contributed by atoms with Crippen molar-refractivity contribution in [3.8, 4) is 0 Å². The predicted molar refractivity (Wildman–Crippen MR) is 88.2 cm³/mol. The molecular weight excluding hydrogens is 312 g/mol. The number of carboxylic acids is 1. The zero-order valence-corrected chi connectivity index (χ0v) is 12.9. The second-order valence-electron chi connectivity index (χ2n) is 4.79. The highest BCUT2D eigenvalue weighted by Crippen LogP contribution is 2.23. The van der Waals surface area contributed by atoms with Crippen molar-refractivity contribution >= 4 is 29.3 Å². The summed E-state index contributed by atoms with van der Waals surface area (Å²) in [5, 5.41) is 14.1. The van der Waals surface area contributed by atoms with Gasteiger partial charge in [-0.3, -0.25) is 10.1 Å². The van der Waals surface area contributed by atoms with Crippen LogP contribution in [0.3, 0.4) is 0 Å². The number of aromatic nitrogens is 1. The molecule has 0 radical (unpaired) electrons. The van der Waals surface area contributed by atoms with Gasteiger partial charge in [0, 0.05) is 18.3 Å². The predicted octanol–water partition coefficient (Wildman–Crippen LogP) is 1.73. The summed E-state index contributed by atoms with van der Waals surface area (Å²) >= 11 is 0. The van der Waals surface area contributed by atoms with Crippen LogP contribution in [0.25, 0.3) is 0 Å². The minimum Gasteiger partial charge on any atom is -0.478 e. The Morgan fingerprint density at radius 3 is 2.46 bits per heavy atom. The normalized spacial score (nSPS) is 10.0. The van der Waals surface area contributed by atoms with Gasteiger partial charge in [0.05, 0.1) is 16.8 Å². The molecule has 24 heavy (non-hydrogen) atoms. The number of ketones is 1. The number of nitrogens with zero attached hydrogens (tertiary/aromatic N) is 1. The number of aromatic carboxylic acids is 1. The molecular formula is C16H16N4O4. The lowest BCUT2D eigenvalue weighted by atomic mass is 9.99. The number of anilines is 2. The molecule has 0 aliphatic heterocycles. The van der Waals surface area contributed by atoms with Crippen LogP contribution in [0.4, 0.5) is 16.3 Å². The van der Waals surface area contributed by atoms with Crippen LogP contribution in [-0.2, 0) is 0 Å². The fourth-order valence-corrected chi connectivity index (χ4v) is 2.10. The van der Waals surface area contributed by atoms with Gasteiger partial charge in [0.25, 0.3) is 0 Å². The Morgan fingerprint density at radius 2 is 1.79 bits per heavy atom. The molecule has 0 spiro atoms. The molecule has 0 unspecified atom stereocenters. The monoisotopic (exact) mass is 328 g/mol. The molecule has 0 saturated heterocycles. The van der Waals surface area contributed by atoms with Crippen molar-refractivity contribution in [3.05, 3.63) is 53.2 Å². The molecule has 0 saturated carbocycles. The number of carbonyl (C=O) groups is 3. The van der Waals surface area contributed by atoms with Gasteiger partial charge in [-0.05, 0) is 31.2 Å². The summed E-state index contributed by atoms with van der Waals surface area (Å²) in [6, 6.07) is 6.67. The lowest BCUT2D eigenvalue weighted by molar-refractivity contribution is 0.0698. The lowest BCUT2D eigenvalue weighted by Crippen LogP contribution is -2.29.